The van der Waals surface area contributed by atoms with Crippen molar-refractivity contribution in [1.29, 1.82) is 0 Å². The molecule has 3 heterocycles. The summed E-state index contributed by atoms with van der Waals surface area (Å²) < 4.78 is 5.57. The van der Waals surface area contributed by atoms with Gasteiger partial charge in [-0.05, 0) is 30.9 Å². The highest BCUT2D eigenvalue weighted by molar-refractivity contribution is 6.11. The minimum Gasteiger partial charge on any atom is -0.453 e. The van der Waals surface area contributed by atoms with E-state index in [0.29, 0.717) is 24.3 Å². The maximum atomic E-state index is 13.0. The van der Waals surface area contributed by atoms with Crippen LogP contribution in [-0.2, 0) is 4.79 Å². The second-order valence-electron chi connectivity index (χ2n) is 8.17. The van der Waals surface area contributed by atoms with E-state index in [1.54, 1.807) is 12.1 Å². The molecule has 7 nitrogen and oxygen atoms in total. The van der Waals surface area contributed by atoms with Crippen LogP contribution in [0.2, 0.25) is 0 Å². The molecule has 0 aliphatic carbocycles. The maximum Gasteiger partial charge on any atom is 0.325 e. The number of nitrogens with zero attached hydrogens (tertiary/aromatic N) is 2. The molecule has 1 aromatic carbocycles. The van der Waals surface area contributed by atoms with E-state index in [1.807, 2.05) is 18.2 Å². The van der Waals surface area contributed by atoms with Crippen LogP contribution in [0.1, 0.15) is 37.2 Å². The molecule has 7 heteroatoms. The molecule has 1 N–H and O–H groups in total. The van der Waals surface area contributed by atoms with Gasteiger partial charge >= 0.3 is 6.03 Å². The Morgan fingerprint density at radius 2 is 1.93 bits per heavy atom. The molecule has 0 unspecified atom stereocenters. The first kappa shape index (κ1) is 18.7. The fourth-order valence-electron chi connectivity index (χ4n) is 4.13. The Hall–Kier alpha value is -2.67. The van der Waals surface area contributed by atoms with Crippen molar-refractivity contribution in [2.75, 3.05) is 26.2 Å². The van der Waals surface area contributed by atoms with Crippen LogP contribution in [0.3, 0.4) is 0 Å². The number of para-hydroxylation sites is 1. The number of amides is 3. The monoisotopic (exact) mass is 383 g/mol. The zero-order chi connectivity index (χ0) is 19.9. The predicted molar refractivity (Wildman–Crippen MR) is 104 cm³/mol. The van der Waals surface area contributed by atoms with Gasteiger partial charge < -0.3 is 14.6 Å². The lowest BCUT2D eigenvalue weighted by atomic mass is 9.87. The molecule has 0 atom stereocenters. The second-order valence-corrected chi connectivity index (χ2v) is 8.17. The average Bonchev–Trinajstić information content (AvgIpc) is 3.19. The minimum atomic E-state index is -0.876. The lowest BCUT2D eigenvalue weighted by Gasteiger charge is -2.37. The van der Waals surface area contributed by atoms with Gasteiger partial charge in [0.25, 0.3) is 5.91 Å². The number of urea groups is 1. The van der Waals surface area contributed by atoms with Crippen LogP contribution < -0.4 is 5.32 Å². The van der Waals surface area contributed by atoms with Gasteiger partial charge in [-0.3, -0.25) is 14.5 Å². The van der Waals surface area contributed by atoms with E-state index in [9.17, 15) is 14.4 Å². The van der Waals surface area contributed by atoms with Crippen LogP contribution >= 0.6 is 0 Å². The molecule has 0 radical (unpaired) electrons. The topological polar surface area (TPSA) is 82.9 Å². The molecule has 148 valence electrons. The van der Waals surface area contributed by atoms with Crippen LogP contribution in [0.4, 0.5) is 4.79 Å². The Morgan fingerprint density at radius 1 is 1.21 bits per heavy atom. The second kappa shape index (κ2) is 7.05. The van der Waals surface area contributed by atoms with Gasteiger partial charge in [-0.2, -0.15) is 0 Å². The first-order valence-electron chi connectivity index (χ1n) is 9.76. The van der Waals surface area contributed by atoms with Crippen LogP contribution in [-0.4, -0.2) is 59.2 Å². The number of benzene rings is 1. The number of carbonyl (C=O) groups is 3. The zero-order valence-corrected chi connectivity index (χ0v) is 16.2. The number of nitrogens with one attached hydrogen (secondary N) is 1. The Balaban J connectivity index is 1.45. The Kier molecular flexibility index (Phi) is 4.71. The van der Waals surface area contributed by atoms with Crippen molar-refractivity contribution in [3.8, 4) is 0 Å². The van der Waals surface area contributed by atoms with Gasteiger partial charge in [-0.15, -0.1) is 0 Å². The van der Waals surface area contributed by atoms with Crippen molar-refractivity contribution < 1.29 is 18.8 Å². The van der Waals surface area contributed by atoms with E-state index >= 15 is 0 Å². The van der Waals surface area contributed by atoms with E-state index in [4.69, 9.17) is 4.42 Å². The molecular formula is C21H25N3O4. The minimum absolute atomic E-state index is 0.162. The van der Waals surface area contributed by atoms with Crippen molar-refractivity contribution in [3.63, 3.8) is 0 Å². The number of furan rings is 1. The number of piperidine rings is 1. The van der Waals surface area contributed by atoms with Crippen molar-refractivity contribution >= 4 is 28.7 Å². The third-order valence-electron chi connectivity index (χ3n) is 5.58. The number of likely N-dealkylation sites (tertiary alicyclic amines) is 1. The summed E-state index contributed by atoms with van der Waals surface area (Å²) in [5.41, 5.74) is -0.268. The molecule has 2 aliphatic heterocycles. The number of hydrogen-bond donors (Lipinski definition) is 1. The zero-order valence-electron chi connectivity index (χ0n) is 16.2. The van der Waals surface area contributed by atoms with E-state index in [0.717, 1.165) is 29.9 Å². The molecule has 3 amide bonds. The van der Waals surface area contributed by atoms with Gasteiger partial charge in [-0.25, -0.2) is 4.79 Å². The van der Waals surface area contributed by atoms with E-state index < -0.39 is 11.6 Å². The number of ketones is 1. The molecule has 0 bridgehead atoms. The smallest absolute Gasteiger partial charge is 0.325 e. The molecule has 4 rings (SSSR count). The molecular weight excluding hydrogens is 358 g/mol. The molecule has 2 aromatic rings. The molecule has 2 aliphatic rings. The highest BCUT2D eigenvalue weighted by atomic mass is 16.3. The van der Waals surface area contributed by atoms with Gasteiger partial charge in [-0.1, -0.05) is 32.0 Å². The highest BCUT2D eigenvalue weighted by Gasteiger charge is 2.52. The Morgan fingerprint density at radius 3 is 2.61 bits per heavy atom. The largest absolute Gasteiger partial charge is 0.453 e. The first-order valence-corrected chi connectivity index (χ1v) is 9.76. The summed E-state index contributed by atoms with van der Waals surface area (Å²) in [5.74, 6) is 0.0375. The van der Waals surface area contributed by atoms with Gasteiger partial charge in [0.05, 0.1) is 6.54 Å². The summed E-state index contributed by atoms with van der Waals surface area (Å²) in [4.78, 5) is 41.4. The van der Waals surface area contributed by atoms with E-state index in [1.165, 1.54) is 0 Å². The standard InChI is InChI=1S/C21H25N3O4/c1-14(2)12-23-9-7-21(8-10-23)19(26)24(20(27)22-21)13-16(25)18-11-15-5-3-4-6-17(15)28-18/h3-6,11,14H,7-10,12-13H2,1-2H3,(H,22,27). The SMILES string of the molecule is CC(C)CN1CCC2(CC1)NC(=O)N(CC(=O)c1cc3ccccc3o1)C2=O. The third-order valence-corrected chi connectivity index (χ3v) is 5.58. The van der Waals surface area contributed by atoms with Crippen LogP contribution in [0.5, 0.6) is 0 Å². The lowest BCUT2D eigenvalue weighted by Crippen LogP contribution is -2.55. The lowest BCUT2D eigenvalue weighted by molar-refractivity contribution is -0.132. The van der Waals surface area contributed by atoms with Gasteiger partial charge in [0.1, 0.15) is 11.1 Å². The molecule has 1 aromatic heterocycles. The number of rotatable bonds is 5. The fraction of sp³-hybridized carbons (Fsp3) is 0.476. The van der Waals surface area contributed by atoms with E-state index in [2.05, 4.69) is 24.1 Å². The van der Waals surface area contributed by atoms with Crippen LogP contribution in [0.25, 0.3) is 11.0 Å². The van der Waals surface area contributed by atoms with Gasteiger partial charge in [0, 0.05) is 25.0 Å². The Bertz CT molecular complexity index is 892. The number of hydrogen-bond acceptors (Lipinski definition) is 5. The first-order chi connectivity index (χ1) is 13.4. The number of carbonyl (C=O) groups excluding carboxylic acids is 3. The van der Waals surface area contributed by atoms with Gasteiger partial charge in [0.15, 0.2) is 5.76 Å². The van der Waals surface area contributed by atoms with Crippen molar-refractivity contribution in [2.24, 2.45) is 5.92 Å². The molecule has 0 saturated carbocycles. The highest BCUT2D eigenvalue weighted by Crippen LogP contribution is 2.30. The summed E-state index contributed by atoms with van der Waals surface area (Å²) >= 11 is 0. The van der Waals surface area contributed by atoms with Crippen molar-refractivity contribution in [1.82, 2.24) is 15.1 Å². The van der Waals surface area contributed by atoms with Gasteiger partial charge in [0.2, 0.25) is 5.78 Å². The van der Waals surface area contributed by atoms with Crippen molar-refractivity contribution in [2.45, 2.75) is 32.2 Å². The Labute approximate surface area is 163 Å². The molecule has 2 saturated heterocycles. The summed E-state index contributed by atoms with van der Waals surface area (Å²) in [6, 6.07) is 8.47. The summed E-state index contributed by atoms with van der Waals surface area (Å²) in [6.45, 7) is 6.52. The van der Waals surface area contributed by atoms with Crippen LogP contribution in [0, 0.1) is 5.92 Å². The summed E-state index contributed by atoms with van der Waals surface area (Å²) in [7, 11) is 0. The van der Waals surface area contributed by atoms with Crippen LogP contribution in [0.15, 0.2) is 34.7 Å². The van der Waals surface area contributed by atoms with E-state index in [-0.39, 0.29) is 24.0 Å². The fourth-order valence-corrected chi connectivity index (χ4v) is 4.13. The molecule has 1 spiro atoms. The summed E-state index contributed by atoms with van der Waals surface area (Å²) in [6.07, 6.45) is 1.14. The van der Waals surface area contributed by atoms with Crippen molar-refractivity contribution in [3.05, 3.63) is 36.1 Å². The molecule has 28 heavy (non-hydrogen) atoms. The third kappa shape index (κ3) is 3.30. The quantitative estimate of drug-likeness (QED) is 0.634. The molecule has 2 fully saturated rings. The number of Topliss-reactive ketones (excluding diaryl/α,β-unsaturated/α-hetero) is 1. The summed E-state index contributed by atoms with van der Waals surface area (Å²) in [5, 5.41) is 3.67. The number of fused-ring (bicyclic) bond motifs is 1. The average molecular weight is 383 g/mol. The maximum absolute atomic E-state index is 13.0. The normalized spacial score (nSPS) is 19.8. The number of imide groups is 1. The predicted octanol–water partition coefficient (Wildman–Crippen LogP) is 2.66.